The first-order chi connectivity index (χ1) is 5.79. The molecule has 0 bridgehead atoms. The summed E-state index contributed by atoms with van der Waals surface area (Å²) in [6.45, 7) is 0. The first kappa shape index (κ1) is 9.50. The third-order valence-electron chi connectivity index (χ3n) is 1.43. The van der Waals surface area contributed by atoms with Crippen LogP contribution in [0.5, 0.6) is 0 Å². The van der Waals surface area contributed by atoms with Gasteiger partial charge in [-0.15, -0.1) is 0 Å². The van der Waals surface area contributed by atoms with E-state index in [-0.39, 0.29) is 5.92 Å². The van der Waals surface area contributed by atoms with E-state index in [0.29, 0.717) is 16.0 Å². The first-order valence-electron chi connectivity index (χ1n) is 3.35. The van der Waals surface area contributed by atoms with E-state index in [4.69, 9.17) is 16.9 Å². The molecule has 2 nitrogen and oxygen atoms in total. The quantitative estimate of drug-likeness (QED) is 0.751. The summed E-state index contributed by atoms with van der Waals surface area (Å²) in [6.07, 6.45) is 1.63. The Morgan fingerprint density at radius 2 is 2.50 bits per heavy atom. The van der Waals surface area contributed by atoms with Gasteiger partial charge in [0.2, 0.25) is 0 Å². The standard InChI is InChI=1S/C8H6BrClN2/c9-4-6(5-11)8-7(10)2-1-3-12-8/h1-3,6H,4H2. The lowest BCUT2D eigenvalue weighted by molar-refractivity contribution is 0.939. The van der Waals surface area contributed by atoms with Gasteiger partial charge in [-0.1, -0.05) is 27.5 Å². The van der Waals surface area contributed by atoms with E-state index >= 15 is 0 Å². The molecule has 0 N–H and O–H groups in total. The maximum atomic E-state index is 8.73. The van der Waals surface area contributed by atoms with Crippen molar-refractivity contribution in [2.75, 3.05) is 5.33 Å². The fourth-order valence-electron chi connectivity index (χ4n) is 0.823. The number of nitriles is 1. The molecule has 0 aromatic carbocycles. The fraction of sp³-hybridized carbons (Fsp3) is 0.250. The Morgan fingerprint density at radius 3 is 3.00 bits per heavy atom. The van der Waals surface area contributed by atoms with Gasteiger partial charge in [-0.05, 0) is 12.1 Å². The number of nitrogens with zero attached hydrogens (tertiary/aromatic N) is 2. The van der Waals surface area contributed by atoms with Crippen LogP contribution in [0.4, 0.5) is 0 Å². The Balaban J connectivity index is 3.02. The highest BCUT2D eigenvalue weighted by Crippen LogP contribution is 2.22. The zero-order valence-electron chi connectivity index (χ0n) is 6.17. The van der Waals surface area contributed by atoms with Crippen molar-refractivity contribution in [2.45, 2.75) is 5.92 Å². The van der Waals surface area contributed by atoms with E-state index in [0.717, 1.165) is 0 Å². The molecule has 0 aliphatic carbocycles. The van der Waals surface area contributed by atoms with Crippen LogP contribution in [0, 0.1) is 11.3 Å². The van der Waals surface area contributed by atoms with Crippen LogP contribution in [0.15, 0.2) is 18.3 Å². The fourth-order valence-corrected chi connectivity index (χ4v) is 1.53. The average Bonchev–Trinajstić information content (AvgIpc) is 2.10. The van der Waals surface area contributed by atoms with Crippen molar-refractivity contribution in [1.29, 1.82) is 5.26 Å². The highest BCUT2D eigenvalue weighted by atomic mass is 79.9. The van der Waals surface area contributed by atoms with Gasteiger partial charge >= 0.3 is 0 Å². The maximum Gasteiger partial charge on any atom is 0.0996 e. The molecule has 1 aromatic heterocycles. The highest BCUT2D eigenvalue weighted by molar-refractivity contribution is 9.09. The summed E-state index contributed by atoms with van der Waals surface area (Å²) in [5.41, 5.74) is 0.638. The van der Waals surface area contributed by atoms with Crippen LogP contribution in [0.25, 0.3) is 0 Å². The number of pyridine rings is 1. The summed E-state index contributed by atoms with van der Waals surface area (Å²) >= 11 is 9.07. The lowest BCUT2D eigenvalue weighted by atomic mass is 10.1. The molecular formula is C8H6BrClN2. The second-order valence-electron chi connectivity index (χ2n) is 2.21. The summed E-state index contributed by atoms with van der Waals surface area (Å²) in [6, 6.07) is 5.59. The number of alkyl halides is 1. The van der Waals surface area contributed by atoms with E-state index in [1.54, 1.807) is 18.3 Å². The molecule has 0 aliphatic rings. The van der Waals surface area contributed by atoms with Gasteiger partial charge in [-0.25, -0.2) is 0 Å². The minimum atomic E-state index is -0.265. The summed E-state index contributed by atoms with van der Waals surface area (Å²) in [5.74, 6) is -0.265. The smallest absolute Gasteiger partial charge is 0.0996 e. The zero-order valence-corrected chi connectivity index (χ0v) is 8.51. The summed E-state index contributed by atoms with van der Waals surface area (Å²) in [7, 11) is 0. The Kier molecular flexibility index (Phi) is 3.51. The number of hydrogen-bond acceptors (Lipinski definition) is 2. The molecule has 0 radical (unpaired) electrons. The molecule has 0 fully saturated rings. The van der Waals surface area contributed by atoms with Crippen LogP contribution >= 0.6 is 27.5 Å². The van der Waals surface area contributed by atoms with Crippen LogP contribution in [-0.2, 0) is 0 Å². The van der Waals surface area contributed by atoms with Crippen LogP contribution < -0.4 is 0 Å². The maximum absolute atomic E-state index is 8.73. The predicted molar refractivity (Wildman–Crippen MR) is 51.4 cm³/mol. The highest BCUT2D eigenvalue weighted by Gasteiger charge is 2.13. The van der Waals surface area contributed by atoms with Gasteiger partial charge in [0.15, 0.2) is 0 Å². The third kappa shape index (κ3) is 1.96. The van der Waals surface area contributed by atoms with Gasteiger partial charge in [-0.2, -0.15) is 5.26 Å². The molecule has 0 spiro atoms. The second kappa shape index (κ2) is 4.44. The van der Waals surface area contributed by atoms with E-state index in [1.807, 2.05) is 0 Å². The van der Waals surface area contributed by atoms with Gasteiger partial charge in [0.1, 0.15) is 0 Å². The Hall–Kier alpha value is -0.590. The number of halogens is 2. The van der Waals surface area contributed by atoms with E-state index in [9.17, 15) is 0 Å². The Bertz CT molecular complexity index is 308. The summed E-state index contributed by atoms with van der Waals surface area (Å²) in [5, 5.41) is 9.83. The summed E-state index contributed by atoms with van der Waals surface area (Å²) in [4.78, 5) is 4.04. The summed E-state index contributed by atoms with van der Waals surface area (Å²) < 4.78 is 0. The Labute approximate surface area is 84.3 Å². The lowest BCUT2D eigenvalue weighted by Gasteiger charge is -2.04. The van der Waals surface area contributed by atoms with Gasteiger partial charge in [0.05, 0.1) is 22.7 Å². The van der Waals surface area contributed by atoms with Crippen molar-refractivity contribution in [1.82, 2.24) is 4.98 Å². The van der Waals surface area contributed by atoms with Crippen molar-refractivity contribution in [3.8, 4) is 6.07 Å². The van der Waals surface area contributed by atoms with Gasteiger partial charge in [0, 0.05) is 11.5 Å². The molecular weight excluding hydrogens is 239 g/mol. The third-order valence-corrected chi connectivity index (χ3v) is 2.39. The van der Waals surface area contributed by atoms with E-state index < -0.39 is 0 Å². The molecule has 0 saturated carbocycles. The van der Waals surface area contributed by atoms with Crippen LogP contribution in [0.2, 0.25) is 5.02 Å². The largest absolute Gasteiger partial charge is 0.258 e. The topological polar surface area (TPSA) is 36.7 Å². The van der Waals surface area contributed by atoms with E-state index in [2.05, 4.69) is 27.0 Å². The Morgan fingerprint density at radius 1 is 1.75 bits per heavy atom. The van der Waals surface area contributed by atoms with Crippen LogP contribution in [0.3, 0.4) is 0 Å². The molecule has 12 heavy (non-hydrogen) atoms. The predicted octanol–water partition coefficient (Wildman–Crippen LogP) is 2.74. The zero-order chi connectivity index (χ0) is 8.97. The minimum absolute atomic E-state index is 0.265. The van der Waals surface area contributed by atoms with Crippen LogP contribution in [0.1, 0.15) is 11.6 Å². The molecule has 1 heterocycles. The molecule has 62 valence electrons. The van der Waals surface area contributed by atoms with Crippen molar-refractivity contribution in [3.63, 3.8) is 0 Å². The number of rotatable bonds is 2. The average molecular weight is 246 g/mol. The molecule has 1 unspecified atom stereocenters. The number of hydrogen-bond donors (Lipinski definition) is 0. The monoisotopic (exact) mass is 244 g/mol. The molecule has 0 saturated heterocycles. The van der Waals surface area contributed by atoms with Crippen molar-refractivity contribution >= 4 is 27.5 Å². The lowest BCUT2D eigenvalue weighted by Crippen LogP contribution is -2.00. The molecule has 4 heteroatoms. The van der Waals surface area contributed by atoms with Gasteiger partial charge in [0.25, 0.3) is 0 Å². The normalized spacial score (nSPS) is 12.1. The minimum Gasteiger partial charge on any atom is -0.258 e. The first-order valence-corrected chi connectivity index (χ1v) is 4.85. The van der Waals surface area contributed by atoms with Crippen molar-refractivity contribution in [3.05, 3.63) is 29.0 Å². The van der Waals surface area contributed by atoms with Crippen molar-refractivity contribution in [2.24, 2.45) is 0 Å². The molecule has 1 atom stereocenters. The van der Waals surface area contributed by atoms with Gasteiger partial charge < -0.3 is 0 Å². The molecule has 1 aromatic rings. The molecule has 1 rings (SSSR count). The second-order valence-corrected chi connectivity index (χ2v) is 3.26. The van der Waals surface area contributed by atoms with Gasteiger partial charge in [-0.3, -0.25) is 4.98 Å². The van der Waals surface area contributed by atoms with Crippen molar-refractivity contribution < 1.29 is 0 Å². The van der Waals surface area contributed by atoms with E-state index in [1.165, 1.54) is 0 Å². The molecule has 0 amide bonds. The SMILES string of the molecule is N#CC(CBr)c1ncccc1Cl. The van der Waals surface area contributed by atoms with Crippen LogP contribution in [-0.4, -0.2) is 10.3 Å². The number of aromatic nitrogens is 1. The molecule has 0 aliphatic heterocycles.